The van der Waals surface area contributed by atoms with Crippen molar-refractivity contribution in [2.45, 2.75) is 46.0 Å². The molecular weight excluding hydrogens is 306 g/mol. The first-order valence-electron chi connectivity index (χ1n) is 8.23. The van der Waals surface area contributed by atoms with Gasteiger partial charge in [0, 0.05) is 19.4 Å². The highest BCUT2D eigenvalue weighted by atomic mass is 16.5. The Bertz CT molecular complexity index is 666. The number of amides is 2. The second-order valence-corrected chi connectivity index (χ2v) is 6.27. The van der Waals surface area contributed by atoms with Gasteiger partial charge in [0.1, 0.15) is 11.5 Å². The van der Waals surface area contributed by atoms with Gasteiger partial charge in [-0.05, 0) is 42.0 Å². The zero-order valence-corrected chi connectivity index (χ0v) is 14.7. The Morgan fingerprint density at radius 2 is 2.12 bits per heavy atom. The summed E-state index contributed by atoms with van der Waals surface area (Å²) >= 11 is 0. The van der Waals surface area contributed by atoms with E-state index >= 15 is 0 Å². The number of nitrogens with one attached hydrogen (secondary N) is 2. The fourth-order valence-electron chi connectivity index (χ4n) is 2.69. The van der Waals surface area contributed by atoms with Gasteiger partial charge < -0.3 is 10.1 Å². The van der Waals surface area contributed by atoms with Crippen LogP contribution in [0.25, 0.3) is 0 Å². The maximum atomic E-state index is 12.0. The number of carbonyl (C=O) groups excluding carboxylic acids is 2. The van der Waals surface area contributed by atoms with Gasteiger partial charge in [0.15, 0.2) is 0 Å². The van der Waals surface area contributed by atoms with Crippen LogP contribution in [0.5, 0.6) is 5.75 Å². The molecule has 24 heavy (non-hydrogen) atoms. The van der Waals surface area contributed by atoms with Gasteiger partial charge in [-0.1, -0.05) is 19.9 Å². The highest BCUT2D eigenvalue weighted by Crippen LogP contribution is 2.29. The van der Waals surface area contributed by atoms with E-state index in [1.54, 1.807) is 7.11 Å². The molecule has 0 unspecified atom stereocenters. The van der Waals surface area contributed by atoms with Crippen LogP contribution >= 0.6 is 0 Å². The third-order valence-electron chi connectivity index (χ3n) is 4.16. The Hall–Kier alpha value is -2.37. The van der Waals surface area contributed by atoms with E-state index in [0.717, 1.165) is 17.7 Å². The molecule has 0 bridgehead atoms. The molecule has 0 aliphatic carbocycles. The Morgan fingerprint density at radius 3 is 2.71 bits per heavy atom. The smallest absolute Gasteiger partial charge is 0.267 e. The second kappa shape index (κ2) is 7.95. The molecule has 1 aliphatic heterocycles. The molecule has 1 aromatic rings. The number of rotatable bonds is 6. The lowest BCUT2D eigenvalue weighted by molar-refractivity contribution is -0.121. The van der Waals surface area contributed by atoms with Crippen molar-refractivity contribution >= 4 is 17.5 Å². The summed E-state index contributed by atoms with van der Waals surface area (Å²) in [7, 11) is 1.68. The number of methoxy groups -OCH3 is 1. The molecule has 0 fully saturated rings. The fraction of sp³-hybridized carbons (Fsp3) is 0.500. The molecule has 6 heteroatoms. The Balaban J connectivity index is 1.98. The van der Waals surface area contributed by atoms with Crippen LogP contribution in [-0.4, -0.2) is 31.2 Å². The van der Waals surface area contributed by atoms with Crippen LogP contribution in [-0.2, 0) is 16.0 Å². The molecule has 130 valence electrons. The largest absolute Gasteiger partial charge is 0.496 e. The van der Waals surface area contributed by atoms with Gasteiger partial charge in [-0.25, -0.2) is 5.43 Å². The van der Waals surface area contributed by atoms with E-state index in [-0.39, 0.29) is 11.8 Å². The van der Waals surface area contributed by atoms with Crippen LogP contribution in [0.4, 0.5) is 0 Å². The number of hydrogen-bond acceptors (Lipinski definition) is 4. The molecule has 0 radical (unpaired) electrons. The molecule has 1 aromatic carbocycles. The van der Waals surface area contributed by atoms with Gasteiger partial charge in [0.25, 0.3) is 5.91 Å². The van der Waals surface area contributed by atoms with Crippen molar-refractivity contribution in [3.8, 4) is 5.75 Å². The molecule has 0 aromatic heterocycles. The molecule has 2 amide bonds. The number of ether oxygens (including phenoxy) is 1. The van der Waals surface area contributed by atoms with E-state index < -0.39 is 0 Å². The Morgan fingerprint density at radius 1 is 1.38 bits per heavy atom. The van der Waals surface area contributed by atoms with Gasteiger partial charge >= 0.3 is 0 Å². The molecule has 0 saturated carbocycles. The minimum Gasteiger partial charge on any atom is -0.496 e. The first-order chi connectivity index (χ1) is 11.4. The molecule has 1 heterocycles. The Kier molecular flexibility index (Phi) is 5.95. The standard InChI is InChI=1S/C18H25N3O3/c1-11(2)14-10-13(12(3)9-16(14)24-4)7-8-19-18(23)15-5-6-17(22)21-20-15/h9-11H,5-8H2,1-4H3,(H,19,23)(H,21,22). The van der Waals surface area contributed by atoms with Crippen LogP contribution in [0.2, 0.25) is 0 Å². The minimum atomic E-state index is -0.217. The molecule has 1 aliphatic rings. The van der Waals surface area contributed by atoms with Crippen LogP contribution in [0.15, 0.2) is 17.2 Å². The number of carbonyl (C=O) groups is 2. The van der Waals surface area contributed by atoms with Crippen LogP contribution in [0.3, 0.4) is 0 Å². The lowest BCUT2D eigenvalue weighted by Gasteiger charge is -2.16. The van der Waals surface area contributed by atoms with Crippen molar-refractivity contribution < 1.29 is 14.3 Å². The summed E-state index contributed by atoms with van der Waals surface area (Å²) in [5, 5.41) is 6.67. The average molecular weight is 331 g/mol. The maximum absolute atomic E-state index is 12.0. The van der Waals surface area contributed by atoms with Crippen molar-refractivity contribution in [3.63, 3.8) is 0 Å². The second-order valence-electron chi connectivity index (χ2n) is 6.27. The summed E-state index contributed by atoms with van der Waals surface area (Å²) in [5.41, 5.74) is 6.23. The van der Waals surface area contributed by atoms with Gasteiger partial charge in [-0.2, -0.15) is 5.10 Å². The lowest BCUT2D eigenvalue weighted by atomic mass is 9.95. The molecule has 2 N–H and O–H groups in total. The molecular formula is C18H25N3O3. The van der Waals surface area contributed by atoms with E-state index in [1.165, 1.54) is 11.1 Å². The maximum Gasteiger partial charge on any atom is 0.267 e. The van der Waals surface area contributed by atoms with Crippen molar-refractivity contribution in [2.75, 3.05) is 13.7 Å². The normalized spacial score (nSPS) is 14.2. The lowest BCUT2D eigenvalue weighted by Crippen LogP contribution is -2.37. The van der Waals surface area contributed by atoms with Crippen molar-refractivity contribution in [1.82, 2.24) is 10.7 Å². The Labute approximate surface area is 142 Å². The van der Waals surface area contributed by atoms with E-state index in [2.05, 4.69) is 35.8 Å². The number of nitrogens with zero attached hydrogens (tertiary/aromatic N) is 1. The van der Waals surface area contributed by atoms with E-state index in [0.29, 0.717) is 31.0 Å². The minimum absolute atomic E-state index is 0.151. The third kappa shape index (κ3) is 4.34. The average Bonchev–Trinajstić information content (AvgIpc) is 2.56. The number of aryl methyl sites for hydroxylation is 1. The first-order valence-corrected chi connectivity index (χ1v) is 8.23. The highest BCUT2D eigenvalue weighted by molar-refractivity contribution is 6.39. The van der Waals surface area contributed by atoms with Crippen molar-refractivity contribution in [3.05, 3.63) is 28.8 Å². The van der Waals surface area contributed by atoms with Crippen molar-refractivity contribution in [2.24, 2.45) is 5.10 Å². The molecule has 2 rings (SSSR count). The van der Waals surface area contributed by atoms with Crippen LogP contribution < -0.4 is 15.5 Å². The number of benzene rings is 1. The van der Waals surface area contributed by atoms with Crippen LogP contribution in [0.1, 0.15) is 49.3 Å². The zero-order chi connectivity index (χ0) is 17.7. The molecule has 0 spiro atoms. The summed E-state index contributed by atoms with van der Waals surface area (Å²) in [6.45, 7) is 6.84. The summed E-state index contributed by atoms with van der Waals surface area (Å²) in [6, 6.07) is 4.20. The summed E-state index contributed by atoms with van der Waals surface area (Å²) < 4.78 is 5.45. The van der Waals surface area contributed by atoms with Gasteiger partial charge in [-0.3, -0.25) is 9.59 Å². The monoisotopic (exact) mass is 331 g/mol. The van der Waals surface area contributed by atoms with E-state index in [1.807, 2.05) is 13.0 Å². The van der Waals surface area contributed by atoms with Gasteiger partial charge in [-0.15, -0.1) is 0 Å². The third-order valence-corrected chi connectivity index (χ3v) is 4.16. The van der Waals surface area contributed by atoms with E-state index in [4.69, 9.17) is 4.74 Å². The quantitative estimate of drug-likeness (QED) is 0.837. The zero-order valence-electron chi connectivity index (χ0n) is 14.7. The van der Waals surface area contributed by atoms with Gasteiger partial charge in [0.05, 0.1) is 7.11 Å². The highest BCUT2D eigenvalue weighted by Gasteiger charge is 2.18. The fourth-order valence-corrected chi connectivity index (χ4v) is 2.69. The van der Waals surface area contributed by atoms with Gasteiger partial charge in [0.2, 0.25) is 5.91 Å². The van der Waals surface area contributed by atoms with Crippen LogP contribution in [0, 0.1) is 6.92 Å². The summed E-state index contributed by atoms with van der Waals surface area (Å²) in [4.78, 5) is 23.1. The first kappa shape index (κ1) is 18.0. The number of hydrazone groups is 1. The van der Waals surface area contributed by atoms with Crippen molar-refractivity contribution in [1.29, 1.82) is 0 Å². The van der Waals surface area contributed by atoms with E-state index in [9.17, 15) is 9.59 Å². The molecule has 0 atom stereocenters. The predicted octanol–water partition coefficient (Wildman–Crippen LogP) is 2.05. The SMILES string of the molecule is COc1cc(C)c(CCNC(=O)C2=NNC(=O)CC2)cc1C(C)C. The summed E-state index contributed by atoms with van der Waals surface area (Å²) in [5.74, 6) is 0.906. The predicted molar refractivity (Wildman–Crippen MR) is 93.3 cm³/mol. The number of hydrogen-bond donors (Lipinski definition) is 2. The molecule has 6 nitrogen and oxygen atoms in total. The topological polar surface area (TPSA) is 79.8 Å². The molecule has 0 saturated heterocycles. The summed E-state index contributed by atoms with van der Waals surface area (Å²) in [6.07, 6.45) is 1.43.